The Kier molecular flexibility index (Phi) is 5.71. The monoisotopic (exact) mass is 331 g/mol. The largest absolute Gasteiger partial charge is 1.00 e. The first-order valence-corrected chi connectivity index (χ1v) is 7.33. The molecule has 0 bridgehead atoms. The van der Waals surface area contributed by atoms with Gasteiger partial charge in [0.25, 0.3) is 5.91 Å². The summed E-state index contributed by atoms with van der Waals surface area (Å²) in [4.78, 5) is 14.5. The third kappa shape index (κ3) is 3.87. The molecule has 1 aliphatic rings. The average molecular weight is 332 g/mol. The highest BCUT2D eigenvalue weighted by Crippen LogP contribution is 2.26. The summed E-state index contributed by atoms with van der Waals surface area (Å²) in [5.41, 5.74) is 3.00. The Morgan fingerprint density at radius 2 is 2.13 bits per heavy atom. The van der Waals surface area contributed by atoms with Gasteiger partial charge < -0.3 is 22.5 Å². The van der Waals surface area contributed by atoms with Crippen LogP contribution in [0.3, 0.4) is 0 Å². The molecule has 120 valence electrons. The van der Waals surface area contributed by atoms with E-state index in [4.69, 9.17) is 5.21 Å². The number of anilines is 1. The molecule has 6 heteroatoms. The molecule has 2 heterocycles. The summed E-state index contributed by atoms with van der Waals surface area (Å²) in [5, 5.41) is 11.6. The van der Waals surface area contributed by atoms with Crippen LogP contribution in [0.2, 0.25) is 0 Å². The van der Waals surface area contributed by atoms with Crippen molar-refractivity contribution in [3.8, 4) is 0 Å². The topological polar surface area (TPSA) is 56.8 Å². The van der Waals surface area contributed by atoms with Gasteiger partial charge in [0.2, 0.25) is 6.54 Å². The van der Waals surface area contributed by atoms with Crippen molar-refractivity contribution in [3.05, 3.63) is 59.9 Å². The Labute approximate surface area is 141 Å². The lowest BCUT2D eigenvalue weighted by Crippen LogP contribution is -3.00. The second-order valence-electron chi connectivity index (χ2n) is 5.33. The lowest BCUT2D eigenvalue weighted by molar-refractivity contribution is -0.684. The number of hydrogen-bond donors (Lipinski definition) is 1. The number of amides is 1. The van der Waals surface area contributed by atoms with Gasteiger partial charge in [0, 0.05) is 18.3 Å². The fourth-order valence-corrected chi connectivity index (χ4v) is 2.82. The number of aromatic nitrogens is 1. The number of fused-ring (bicyclic) bond motifs is 1. The molecule has 1 aromatic carbocycles. The minimum atomic E-state index is 0. The fourth-order valence-electron chi connectivity index (χ4n) is 2.82. The van der Waals surface area contributed by atoms with Gasteiger partial charge in [0.05, 0.1) is 11.8 Å². The summed E-state index contributed by atoms with van der Waals surface area (Å²) >= 11 is 0. The number of para-hydroxylation sites is 1. The van der Waals surface area contributed by atoms with E-state index in [-0.39, 0.29) is 24.9 Å². The Balaban J connectivity index is 0.00000192. The first-order chi connectivity index (χ1) is 10.8. The zero-order valence-corrected chi connectivity index (χ0v) is 13.4. The van der Waals surface area contributed by atoms with E-state index in [0.29, 0.717) is 0 Å². The number of aryl methyl sites for hydroxylation is 1. The molecule has 0 aliphatic carbocycles. The molecule has 0 unspecified atom stereocenters. The molecule has 0 atom stereocenters. The highest BCUT2D eigenvalue weighted by molar-refractivity contribution is 5.93. The lowest BCUT2D eigenvalue weighted by Gasteiger charge is -2.28. The zero-order chi connectivity index (χ0) is 15.4. The Hall–Kier alpha value is -2.40. The zero-order valence-electron chi connectivity index (χ0n) is 12.6. The molecule has 3 rings (SSSR count). The van der Waals surface area contributed by atoms with E-state index in [0.717, 1.165) is 30.6 Å². The lowest BCUT2D eigenvalue weighted by atomic mass is 10.0. The van der Waals surface area contributed by atoms with E-state index in [9.17, 15) is 4.79 Å². The Morgan fingerprint density at radius 3 is 2.96 bits per heavy atom. The van der Waals surface area contributed by atoms with Crippen LogP contribution in [0.15, 0.2) is 53.9 Å². The van der Waals surface area contributed by atoms with Crippen molar-refractivity contribution >= 4 is 17.8 Å². The number of nitrogens with zero attached hydrogens (tertiary/aromatic N) is 3. The average Bonchev–Trinajstić information content (AvgIpc) is 2.55. The first kappa shape index (κ1) is 17.0. The van der Waals surface area contributed by atoms with Gasteiger partial charge >= 0.3 is 0 Å². The highest BCUT2D eigenvalue weighted by Gasteiger charge is 2.24. The minimum Gasteiger partial charge on any atom is -1.00 e. The number of benzene rings is 1. The van der Waals surface area contributed by atoms with E-state index in [1.165, 1.54) is 11.8 Å². The number of carbonyl (C=O) groups is 1. The van der Waals surface area contributed by atoms with Crippen LogP contribution < -0.4 is 21.9 Å². The van der Waals surface area contributed by atoms with Crippen LogP contribution in [0.5, 0.6) is 0 Å². The molecular formula is C17H18ClN3O2. The molecule has 1 aliphatic heterocycles. The summed E-state index contributed by atoms with van der Waals surface area (Å²) in [6.07, 6.45) is 6.98. The van der Waals surface area contributed by atoms with Gasteiger partial charge in [0.1, 0.15) is 0 Å². The second-order valence-corrected chi connectivity index (χ2v) is 5.33. The second kappa shape index (κ2) is 7.74. The number of halogens is 1. The van der Waals surface area contributed by atoms with E-state index in [2.05, 4.69) is 11.2 Å². The first-order valence-electron chi connectivity index (χ1n) is 7.33. The van der Waals surface area contributed by atoms with Crippen LogP contribution in [0, 0.1) is 0 Å². The number of oxime groups is 1. The summed E-state index contributed by atoms with van der Waals surface area (Å²) in [6.45, 7) is 1.02. The van der Waals surface area contributed by atoms with Crippen LogP contribution in [0.4, 0.5) is 5.69 Å². The van der Waals surface area contributed by atoms with E-state index in [1.807, 2.05) is 41.4 Å². The summed E-state index contributed by atoms with van der Waals surface area (Å²) in [5.74, 6) is 0.0650. The van der Waals surface area contributed by atoms with Crippen LogP contribution in [0.25, 0.3) is 0 Å². The molecule has 0 radical (unpaired) electrons. The summed E-state index contributed by atoms with van der Waals surface area (Å²) < 4.78 is 1.80. The minimum absolute atomic E-state index is 0. The molecule has 1 amide bonds. The number of carbonyl (C=O) groups excluding carboxylic acids is 1. The molecule has 0 saturated carbocycles. The molecule has 0 spiro atoms. The van der Waals surface area contributed by atoms with Crippen molar-refractivity contribution in [3.63, 3.8) is 0 Å². The van der Waals surface area contributed by atoms with Crippen LogP contribution in [-0.4, -0.2) is 23.9 Å². The number of rotatable bonds is 3. The van der Waals surface area contributed by atoms with Crippen molar-refractivity contribution in [2.75, 3.05) is 11.4 Å². The van der Waals surface area contributed by atoms with Gasteiger partial charge in [-0.3, -0.25) is 4.79 Å². The molecule has 23 heavy (non-hydrogen) atoms. The maximum Gasteiger partial charge on any atom is 0.292 e. The van der Waals surface area contributed by atoms with Gasteiger partial charge in [-0.05, 0) is 30.5 Å². The van der Waals surface area contributed by atoms with E-state index < -0.39 is 0 Å². The third-order valence-corrected chi connectivity index (χ3v) is 3.82. The summed E-state index contributed by atoms with van der Waals surface area (Å²) in [7, 11) is 0. The van der Waals surface area contributed by atoms with Gasteiger partial charge in [-0.2, -0.15) is 4.57 Å². The van der Waals surface area contributed by atoms with Crippen molar-refractivity contribution in [1.29, 1.82) is 0 Å². The predicted molar refractivity (Wildman–Crippen MR) is 83.1 cm³/mol. The maximum absolute atomic E-state index is 12.6. The van der Waals surface area contributed by atoms with Crippen LogP contribution in [-0.2, 0) is 17.8 Å². The van der Waals surface area contributed by atoms with E-state index in [1.54, 1.807) is 10.8 Å². The van der Waals surface area contributed by atoms with Crippen LogP contribution in [0.1, 0.15) is 17.5 Å². The third-order valence-electron chi connectivity index (χ3n) is 3.82. The van der Waals surface area contributed by atoms with E-state index >= 15 is 0 Å². The molecule has 1 N–H and O–H groups in total. The molecule has 1 aromatic heterocycles. The van der Waals surface area contributed by atoms with Gasteiger partial charge in [0.15, 0.2) is 12.4 Å². The van der Waals surface area contributed by atoms with Gasteiger partial charge in [-0.15, -0.1) is 0 Å². The Morgan fingerprint density at radius 1 is 1.30 bits per heavy atom. The normalized spacial score (nSPS) is 13.5. The summed E-state index contributed by atoms with van der Waals surface area (Å²) in [6, 6.07) is 11.7. The molecular weight excluding hydrogens is 314 g/mol. The molecule has 2 aromatic rings. The molecule has 0 fully saturated rings. The molecule has 0 saturated heterocycles. The van der Waals surface area contributed by atoms with Crippen molar-refractivity contribution < 1.29 is 27.0 Å². The van der Waals surface area contributed by atoms with Gasteiger partial charge in [-0.25, -0.2) is 0 Å². The molecule has 5 nitrogen and oxygen atoms in total. The SMILES string of the molecule is O=C(C[n+]1cccc(/C=N/O)c1)N1CCCc2ccccc21.[Cl-]. The van der Waals surface area contributed by atoms with Gasteiger partial charge in [-0.1, -0.05) is 23.4 Å². The maximum atomic E-state index is 12.6. The van der Waals surface area contributed by atoms with Crippen molar-refractivity contribution in [2.24, 2.45) is 5.16 Å². The smallest absolute Gasteiger partial charge is 0.292 e. The predicted octanol–water partition coefficient (Wildman–Crippen LogP) is -1.23. The highest BCUT2D eigenvalue weighted by atomic mass is 35.5. The Bertz CT molecular complexity index is 718. The standard InChI is InChI=1S/C17H17N3O2.ClH/c21-17(13-19-9-3-5-14(12-19)11-18-22)20-10-4-7-15-6-1-2-8-16(15)20;/h1-3,5-6,8-9,11-12H,4,7,10,13H2;1H/b18-11+;. The number of hydrogen-bond acceptors (Lipinski definition) is 3. The quantitative estimate of drug-likeness (QED) is 0.331. The van der Waals surface area contributed by atoms with Crippen molar-refractivity contribution in [2.45, 2.75) is 19.4 Å². The fraction of sp³-hybridized carbons (Fsp3) is 0.235. The number of pyridine rings is 1. The van der Waals surface area contributed by atoms with Crippen molar-refractivity contribution in [1.82, 2.24) is 0 Å². The van der Waals surface area contributed by atoms with Crippen LogP contribution >= 0.6 is 0 Å².